The fraction of sp³-hybridized carbons (Fsp3) is 0.963. The van der Waals surface area contributed by atoms with Crippen molar-refractivity contribution < 1.29 is 99.2 Å². The molecule has 9 unspecified atom stereocenters. The molecule has 0 saturated carbocycles. The average molecular weight is 706 g/mol. The molecular formula is C27H47NO20. The van der Waals surface area contributed by atoms with Crippen molar-refractivity contribution in [3.8, 4) is 0 Å². The van der Waals surface area contributed by atoms with Gasteiger partial charge in [0.2, 0.25) is 5.91 Å². The summed E-state index contributed by atoms with van der Waals surface area (Å²) in [7, 11) is 0. The van der Waals surface area contributed by atoms with Crippen molar-refractivity contribution in [3.05, 3.63) is 0 Å². The van der Waals surface area contributed by atoms with Crippen LogP contribution in [0.2, 0.25) is 0 Å². The maximum Gasteiger partial charge on any atom is 0.217 e. The lowest BCUT2D eigenvalue weighted by molar-refractivity contribution is -0.375. The summed E-state index contributed by atoms with van der Waals surface area (Å²) in [4.78, 5) is 12.3. The predicted octanol–water partition coefficient (Wildman–Crippen LogP) is -8.53. The number of carbonyl (C=O) groups is 1. The second-order valence-electron chi connectivity index (χ2n) is 12.2. The number of rotatable bonds is 11. The second kappa shape index (κ2) is 16.8. The first-order valence-electron chi connectivity index (χ1n) is 15.4. The third kappa shape index (κ3) is 8.10. The van der Waals surface area contributed by atoms with Crippen LogP contribution in [-0.4, -0.2) is 216 Å². The summed E-state index contributed by atoms with van der Waals surface area (Å²) >= 11 is 0. The standard InChI is InChI=1S/C27H47NO20/c1-7-14(34)19(39)22(12(6-32)42-7)46-27-21(41)24(17(37)11(5-31)45-27)48-25-13(28-8(2)33)23(16(36)10(4-30)43-25)47-26-20(40)18(38)15(35)9(3-29)44-26/h7,9-27,29-32,34-41H,3-6H2,1-2H3,(H,28,33)/t7?,9?,10?,11?,12?,13?,14?,15-,16+,17-,18-,19+,20?,21?,22+,23+,24-,25-,26-,27-/m0/s1. The molecule has 21 heteroatoms. The third-order valence-electron chi connectivity index (χ3n) is 8.87. The molecule has 4 aliphatic heterocycles. The third-order valence-corrected chi connectivity index (χ3v) is 8.87. The smallest absolute Gasteiger partial charge is 0.217 e. The van der Waals surface area contributed by atoms with E-state index < -0.39 is 155 Å². The van der Waals surface area contributed by atoms with Gasteiger partial charge >= 0.3 is 0 Å². The van der Waals surface area contributed by atoms with Gasteiger partial charge in [0.05, 0.1) is 32.5 Å². The number of hydrogen-bond acceptors (Lipinski definition) is 20. The van der Waals surface area contributed by atoms with Crippen LogP contribution < -0.4 is 5.32 Å². The van der Waals surface area contributed by atoms with Gasteiger partial charge < -0.3 is 99.8 Å². The number of amides is 1. The molecule has 4 aliphatic rings. The van der Waals surface area contributed by atoms with Crippen molar-refractivity contribution in [2.24, 2.45) is 0 Å². The van der Waals surface area contributed by atoms with E-state index in [1.165, 1.54) is 6.92 Å². The van der Waals surface area contributed by atoms with Gasteiger partial charge in [0, 0.05) is 6.92 Å². The molecule has 4 heterocycles. The quantitative estimate of drug-likeness (QED) is 0.0949. The number of aliphatic hydroxyl groups excluding tert-OH is 12. The van der Waals surface area contributed by atoms with Crippen LogP contribution in [0.4, 0.5) is 0 Å². The molecule has 1 amide bonds. The molecule has 0 bridgehead atoms. The van der Waals surface area contributed by atoms with E-state index in [1.54, 1.807) is 0 Å². The lowest BCUT2D eigenvalue weighted by Gasteiger charge is -2.50. The van der Waals surface area contributed by atoms with Gasteiger partial charge in [-0.15, -0.1) is 0 Å². The van der Waals surface area contributed by atoms with Crippen molar-refractivity contribution in [1.82, 2.24) is 5.32 Å². The van der Waals surface area contributed by atoms with Gasteiger partial charge in [-0.3, -0.25) is 4.79 Å². The lowest BCUT2D eigenvalue weighted by Crippen LogP contribution is -2.70. The van der Waals surface area contributed by atoms with Crippen LogP contribution in [0.3, 0.4) is 0 Å². The van der Waals surface area contributed by atoms with E-state index in [1.807, 2.05) is 0 Å². The zero-order valence-corrected chi connectivity index (χ0v) is 26.0. The van der Waals surface area contributed by atoms with E-state index in [-0.39, 0.29) is 0 Å². The van der Waals surface area contributed by atoms with Crippen LogP contribution >= 0.6 is 0 Å². The average Bonchev–Trinajstić information content (AvgIpc) is 3.06. The Morgan fingerprint density at radius 3 is 1.52 bits per heavy atom. The first kappa shape index (κ1) is 39.5. The summed E-state index contributed by atoms with van der Waals surface area (Å²) in [5, 5.41) is 127. The van der Waals surface area contributed by atoms with Crippen LogP contribution in [0, 0.1) is 0 Å². The molecule has 4 rings (SSSR count). The topological polar surface area (TPSA) is 336 Å². The Hall–Kier alpha value is -1.29. The Labute approximate surface area is 273 Å². The van der Waals surface area contributed by atoms with Crippen LogP contribution in [0.15, 0.2) is 0 Å². The number of carbonyl (C=O) groups excluding carboxylic acids is 1. The lowest BCUT2D eigenvalue weighted by atomic mass is 9.94. The fourth-order valence-corrected chi connectivity index (χ4v) is 6.15. The summed E-state index contributed by atoms with van der Waals surface area (Å²) in [6.07, 6.45) is -31.2. The Balaban J connectivity index is 1.61. The molecule has 21 nitrogen and oxygen atoms in total. The minimum Gasteiger partial charge on any atom is -0.394 e. The van der Waals surface area contributed by atoms with Crippen molar-refractivity contribution in [2.45, 2.75) is 136 Å². The Bertz CT molecular complexity index is 1030. The number of ether oxygens (including phenoxy) is 7. The Kier molecular flexibility index (Phi) is 13.8. The van der Waals surface area contributed by atoms with E-state index in [2.05, 4.69) is 5.32 Å². The van der Waals surface area contributed by atoms with E-state index in [0.717, 1.165) is 6.92 Å². The van der Waals surface area contributed by atoms with E-state index >= 15 is 0 Å². The monoisotopic (exact) mass is 705 g/mol. The van der Waals surface area contributed by atoms with Crippen LogP contribution in [0.5, 0.6) is 0 Å². The molecule has 0 aliphatic carbocycles. The SMILES string of the molecule is CC(=O)NC1[C@H](O[C@@H]2C(O)[C@H](O[C@@H]3C(CO)OC(C)C(O)[C@H]3O)OC(CO)[C@@H]2O)OC(CO)[C@@H](O)[C@@H]1O[C@@H]1OC(CO)[C@H](O)[C@H](O)C1O. The molecule has 0 aromatic heterocycles. The highest BCUT2D eigenvalue weighted by molar-refractivity contribution is 5.73. The van der Waals surface area contributed by atoms with Crippen molar-refractivity contribution >= 4 is 5.91 Å². The molecular weight excluding hydrogens is 658 g/mol. The molecule has 280 valence electrons. The van der Waals surface area contributed by atoms with Crippen molar-refractivity contribution in [2.75, 3.05) is 26.4 Å². The van der Waals surface area contributed by atoms with Crippen LogP contribution in [-0.2, 0) is 38.0 Å². The summed E-state index contributed by atoms with van der Waals surface area (Å²) in [5.74, 6) is -0.745. The molecule has 48 heavy (non-hydrogen) atoms. The van der Waals surface area contributed by atoms with Gasteiger partial charge in [-0.1, -0.05) is 0 Å². The number of nitrogens with one attached hydrogen (secondary N) is 1. The van der Waals surface area contributed by atoms with Gasteiger partial charge in [-0.2, -0.15) is 0 Å². The van der Waals surface area contributed by atoms with Gasteiger partial charge in [0.25, 0.3) is 0 Å². The first-order valence-corrected chi connectivity index (χ1v) is 15.4. The van der Waals surface area contributed by atoms with Crippen molar-refractivity contribution in [3.63, 3.8) is 0 Å². The maximum atomic E-state index is 12.3. The molecule has 4 saturated heterocycles. The summed E-state index contributed by atoms with van der Waals surface area (Å²) in [6.45, 7) is -0.709. The molecule has 0 spiro atoms. The van der Waals surface area contributed by atoms with Gasteiger partial charge in [0.1, 0.15) is 97.6 Å². The van der Waals surface area contributed by atoms with Crippen LogP contribution in [0.25, 0.3) is 0 Å². The van der Waals surface area contributed by atoms with E-state index in [4.69, 9.17) is 33.2 Å². The fourth-order valence-electron chi connectivity index (χ4n) is 6.15. The van der Waals surface area contributed by atoms with Gasteiger partial charge in [-0.25, -0.2) is 0 Å². The van der Waals surface area contributed by atoms with Crippen LogP contribution in [0.1, 0.15) is 13.8 Å². The molecule has 0 aromatic carbocycles. The first-order chi connectivity index (χ1) is 22.7. The molecule has 0 aromatic rings. The zero-order chi connectivity index (χ0) is 35.6. The Morgan fingerprint density at radius 1 is 0.521 bits per heavy atom. The minimum absolute atomic E-state index is 0.678. The van der Waals surface area contributed by atoms with Gasteiger partial charge in [-0.05, 0) is 6.92 Å². The molecule has 4 fully saturated rings. The minimum atomic E-state index is -1.98. The van der Waals surface area contributed by atoms with E-state index in [9.17, 15) is 66.1 Å². The zero-order valence-electron chi connectivity index (χ0n) is 26.0. The van der Waals surface area contributed by atoms with E-state index in [0.29, 0.717) is 0 Å². The maximum absolute atomic E-state index is 12.3. The number of hydrogen-bond donors (Lipinski definition) is 13. The molecule has 0 radical (unpaired) electrons. The van der Waals surface area contributed by atoms with Gasteiger partial charge in [0.15, 0.2) is 18.9 Å². The summed E-state index contributed by atoms with van der Waals surface area (Å²) in [5.41, 5.74) is 0. The normalized spacial score (nSPS) is 50.2. The largest absolute Gasteiger partial charge is 0.394 e. The summed E-state index contributed by atoms with van der Waals surface area (Å²) < 4.78 is 39.4. The Morgan fingerprint density at radius 2 is 0.979 bits per heavy atom. The predicted molar refractivity (Wildman–Crippen MR) is 149 cm³/mol. The molecule has 20 atom stereocenters. The highest BCUT2D eigenvalue weighted by atomic mass is 16.8. The summed E-state index contributed by atoms with van der Waals surface area (Å²) in [6, 6.07) is -1.58. The highest BCUT2D eigenvalue weighted by Crippen LogP contribution is 2.34. The second-order valence-corrected chi connectivity index (χ2v) is 12.2. The number of aliphatic hydroxyl groups is 12. The molecule has 13 N–H and O–H groups in total. The highest BCUT2D eigenvalue weighted by Gasteiger charge is 2.55. The van der Waals surface area contributed by atoms with Crippen molar-refractivity contribution in [1.29, 1.82) is 0 Å².